The van der Waals surface area contributed by atoms with Gasteiger partial charge in [0.2, 0.25) is 11.8 Å². The number of hydrogen-bond donors (Lipinski definition) is 10. The van der Waals surface area contributed by atoms with Crippen molar-refractivity contribution in [1.29, 1.82) is 0 Å². The van der Waals surface area contributed by atoms with Crippen LogP contribution in [-0.2, 0) is 56.7 Å². The molecule has 0 aliphatic heterocycles. The number of nitrogens with one attached hydrogen (secondary N) is 6. The van der Waals surface area contributed by atoms with E-state index >= 15 is 0 Å². The van der Waals surface area contributed by atoms with Crippen LogP contribution in [0.3, 0.4) is 0 Å². The van der Waals surface area contributed by atoms with Crippen molar-refractivity contribution in [1.82, 2.24) is 21.3 Å². The molecule has 0 radical (unpaired) electrons. The Hall–Kier alpha value is -6.64. The predicted molar refractivity (Wildman–Crippen MR) is 282 cm³/mol. The first-order chi connectivity index (χ1) is 37.5. The van der Waals surface area contributed by atoms with Crippen molar-refractivity contribution in [2.75, 3.05) is 129 Å². The lowest BCUT2D eigenvalue weighted by Crippen LogP contribution is -2.35. The van der Waals surface area contributed by atoms with Gasteiger partial charge in [0.05, 0.1) is 79.3 Å². The molecule has 426 valence electrons. The van der Waals surface area contributed by atoms with Gasteiger partial charge >= 0.3 is 15.2 Å². The standard InChI is InChI=1S/C50H66N6O20P2/c57-45(16-22-69-26-30-73-32-28-71-24-20-53-49(61)37-12-14-39(15-13-37)55-47(59)35-75-41-8-1-3-10-43(41)77(63,64)65)51-18-19-52-46(58)17-23-70-27-31-74-33-29-72-25-21-54-50(62)38-6-5-7-40(34-38)56-48(60)36-76-42-9-2-4-11-44(42)78(66,67)68/h1-15,34H,16-33,35-36H2,(H,51,57)(H,52,58)(H,53,61)(H,54,62)(H,55,59)(H,56,60)(H2,63,64,65)(H2,66,67,68). The van der Waals surface area contributed by atoms with Gasteiger partial charge in [0.15, 0.2) is 13.2 Å². The molecule has 0 aliphatic carbocycles. The van der Waals surface area contributed by atoms with Crippen LogP contribution in [0.4, 0.5) is 11.4 Å². The van der Waals surface area contributed by atoms with E-state index in [2.05, 4.69) is 31.9 Å². The lowest BCUT2D eigenvalue weighted by Gasteiger charge is -2.12. The van der Waals surface area contributed by atoms with Crippen LogP contribution in [0.5, 0.6) is 11.5 Å². The quantitative estimate of drug-likeness (QED) is 0.0216. The van der Waals surface area contributed by atoms with Crippen LogP contribution in [0.2, 0.25) is 0 Å². The molecule has 0 unspecified atom stereocenters. The molecule has 0 saturated heterocycles. The largest absolute Gasteiger partial charge is 0.483 e. The van der Waals surface area contributed by atoms with Gasteiger partial charge in [-0.25, -0.2) is 0 Å². The molecule has 0 saturated carbocycles. The number of anilines is 2. The van der Waals surface area contributed by atoms with Crippen LogP contribution in [-0.4, -0.2) is 174 Å². The Morgan fingerprint density at radius 3 is 1.23 bits per heavy atom. The van der Waals surface area contributed by atoms with E-state index in [9.17, 15) is 57.5 Å². The van der Waals surface area contributed by atoms with Crippen molar-refractivity contribution in [3.8, 4) is 11.5 Å². The molecule has 4 aromatic rings. The first-order valence-electron chi connectivity index (χ1n) is 24.4. The summed E-state index contributed by atoms with van der Waals surface area (Å²) in [5.41, 5.74) is 1.34. The van der Waals surface area contributed by atoms with Crippen molar-refractivity contribution in [3.05, 3.63) is 108 Å². The SMILES string of the molecule is O=C(CCOCCOCCOCCNC(=O)c1ccc(NC(=O)COc2ccccc2P(=O)(O)O)cc1)NCCNC(=O)CCOCCOCCOCCNC(=O)c1cccc(NC(=O)COc2ccccc2P(=O)(O)O)c1. The van der Waals surface area contributed by atoms with Crippen LogP contribution in [0.15, 0.2) is 97.1 Å². The summed E-state index contributed by atoms with van der Waals surface area (Å²) in [6.45, 7) is 3.01. The minimum Gasteiger partial charge on any atom is -0.483 e. The second-order valence-electron chi connectivity index (χ2n) is 16.2. The third kappa shape index (κ3) is 26.6. The van der Waals surface area contributed by atoms with E-state index in [-0.39, 0.29) is 157 Å². The first kappa shape index (κ1) is 63.9. The highest BCUT2D eigenvalue weighted by Crippen LogP contribution is 2.38. The van der Waals surface area contributed by atoms with E-state index in [1.165, 1.54) is 78.9 Å². The van der Waals surface area contributed by atoms with Gasteiger partial charge in [0, 0.05) is 61.5 Å². The number of amides is 6. The summed E-state index contributed by atoms with van der Waals surface area (Å²) in [5, 5.41) is 15.4. The Bertz CT molecular complexity index is 2620. The number of para-hydroxylation sites is 2. The zero-order valence-electron chi connectivity index (χ0n) is 42.6. The molecule has 4 aromatic carbocycles. The van der Waals surface area contributed by atoms with Crippen molar-refractivity contribution in [2.24, 2.45) is 0 Å². The summed E-state index contributed by atoms with van der Waals surface area (Å²) < 4.78 is 66.6. The molecule has 0 fully saturated rings. The normalized spacial score (nSPS) is 11.3. The lowest BCUT2D eigenvalue weighted by molar-refractivity contribution is -0.124. The fourth-order valence-electron chi connectivity index (χ4n) is 6.44. The second kappa shape index (κ2) is 35.7. The Kier molecular flexibility index (Phi) is 29.2. The molecule has 0 atom stereocenters. The van der Waals surface area contributed by atoms with Gasteiger partial charge in [-0.15, -0.1) is 0 Å². The number of rotatable bonds is 39. The summed E-state index contributed by atoms with van der Waals surface area (Å²) in [7, 11) is -9.19. The number of ether oxygens (including phenoxy) is 8. The van der Waals surface area contributed by atoms with E-state index in [0.29, 0.717) is 23.5 Å². The van der Waals surface area contributed by atoms with E-state index in [1.54, 1.807) is 18.2 Å². The highest BCUT2D eigenvalue weighted by atomic mass is 31.2. The summed E-state index contributed by atoms with van der Waals surface area (Å²) in [4.78, 5) is 112. The summed E-state index contributed by atoms with van der Waals surface area (Å²) >= 11 is 0. The number of hydrogen-bond acceptors (Lipinski definition) is 16. The highest BCUT2D eigenvalue weighted by Gasteiger charge is 2.24. The van der Waals surface area contributed by atoms with Gasteiger partial charge in [-0.05, 0) is 66.7 Å². The minimum atomic E-state index is -4.60. The van der Waals surface area contributed by atoms with Crippen LogP contribution >= 0.6 is 15.2 Å². The van der Waals surface area contributed by atoms with E-state index in [4.69, 9.17) is 37.9 Å². The number of carbonyl (C=O) groups is 6. The van der Waals surface area contributed by atoms with Gasteiger partial charge in [-0.3, -0.25) is 37.9 Å². The fourth-order valence-corrected chi connectivity index (χ4v) is 7.85. The molecule has 0 aromatic heterocycles. The lowest BCUT2D eigenvalue weighted by atomic mass is 10.2. The molecule has 78 heavy (non-hydrogen) atoms. The molecule has 28 heteroatoms. The Balaban J connectivity index is 0.866. The van der Waals surface area contributed by atoms with Crippen molar-refractivity contribution in [2.45, 2.75) is 12.8 Å². The minimum absolute atomic E-state index is 0.102. The average molecular weight is 1130 g/mol. The van der Waals surface area contributed by atoms with E-state index in [1.807, 2.05) is 0 Å². The molecule has 26 nitrogen and oxygen atoms in total. The summed E-state index contributed by atoms with van der Waals surface area (Å²) in [6, 6.07) is 23.3. The zero-order valence-corrected chi connectivity index (χ0v) is 44.4. The van der Waals surface area contributed by atoms with Crippen LogP contribution < -0.4 is 52.0 Å². The molecule has 6 amide bonds. The fraction of sp³-hybridized carbons (Fsp3) is 0.400. The Morgan fingerprint density at radius 1 is 0.385 bits per heavy atom. The molecule has 0 aliphatic rings. The molecule has 0 heterocycles. The maximum Gasteiger partial charge on any atom is 0.359 e. The molecular formula is C50H66N6O20P2. The molecule has 0 bridgehead atoms. The van der Waals surface area contributed by atoms with Crippen molar-refractivity contribution < 1.29 is 95.4 Å². The van der Waals surface area contributed by atoms with Crippen LogP contribution in [0, 0.1) is 0 Å². The van der Waals surface area contributed by atoms with Crippen molar-refractivity contribution in [3.63, 3.8) is 0 Å². The van der Waals surface area contributed by atoms with Gasteiger partial charge < -0.3 is 89.4 Å². The van der Waals surface area contributed by atoms with Crippen LogP contribution in [0.1, 0.15) is 33.6 Å². The second-order valence-corrected chi connectivity index (χ2v) is 19.4. The monoisotopic (exact) mass is 1130 g/mol. The molecular weight excluding hydrogens is 1070 g/mol. The summed E-state index contributed by atoms with van der Waals surface area (Å²) in [6.07, 6.45) is 0.264. The molecule has 10 N–H and O–H groups in total. The topological polar surface area (TPSA) is 364 Å². The third-order valence-corrected chi connectivity index (χ3v) is 12.2. The maximum atomic E-state index is 12.6. The number of carbonyl (C=O) groups excluding carboxylic acids is 6. The third-order valence-electron chi connectivity index (χ3n) is 10.2. The van der Waals surface area contributed by atoms with Crippen molar-refractivity contribution >= 4 is 72.6 Å². The average Bonchev–Trinajstić information content (AvgIpc) is 3.42. The van der Waals surface area contributed by atoms with Gasteiger partial charge in [-0.2, -0.15) is 0 Å². The maximum absolute atomic E-state index is 12.6. The van der Waals surface area contributed by atoms with E-state index in [0.717, 1.165) is 0 Å². The molecule has 0 spiro atoms. The van der Waals surface area contributed by atoms with Gasteiger partial charge in [-0.1, -0.05) is 30.3 Å². The zero-order chi connectivity index (χ0) is 56.4. The Morgan fingerprint density at radius 2 is 0.782 bits per heavy atom. The predicted octanol–water partition coefficient (Wildman–Crippen LogP) is 0.600. The Labute approximate surface area is 449 Å². The smallest absolute Gasteiger partial charge is 0.359 e. The highest BCUT2D eigenvalue weighted by molar-refractivity contribution is 7.60. The van der Waals surface area contributed by atoms with Gasteiger partial charge in [0.1, 0.15) is 22.1 Å². The first-order valence-corrected chi connectivity index (χ1v) is 27.6. The van der Waals surface area contributed by atoms with Crippen LogP contribution in [0.25, 0.3) is 0 Å². The summed E-state index contributed by atoms with van der Waals surface area (Å²) in [5.74, 6) is -2.59. The van der Waals surface area contributed by atoms with Gasteiger partial charge in [0.25, 0.3) is 23.6 Å². The van der Waals surface area contributed by atoms with E-state index < -0.39 is 46.1 Å². The molecule has 4 rings (SSSR count). The number of benzene rings is 4.